The molecule has 2 aromatic heterocycles. The van der Waals surface area contributed by atoms with Gasteiger partial charge in [0.1, 0.15) is 11.5 Å². The summed E-state index contributed by atoms with van der Waals surface area (Å²) in [5.74, 6) is -1.14. The molecule has 0 saturated heterocycles. The summed E-state index contributed by atoms with van der Waals surface area (Å²) >= 11 is 0. The number of benzene rings is 1. The highest BCUT2D eigenvalue weighted by molar-refractivity contribution is 5.98. The quantitative estimate of drug-likeness (QED) is 0.687. The summed E-state index contributed by atoms with van der Waals surface area (Å²) < 4.78 is 16.8. The van der Waals surface area contributed by atoms with Gasteiger partial charge in [-0.1, -0.05) is 18.2 Å². The molecule has 2 amide bonds. The van der Waals surface area contributed by atoms with E-state index >= 15 is 0 Å². The predicted molar refractivity (Wildman–Crippen MR) is 96.6 cm³/mol. The fraction of sp³-hybridized carbons (Fsp3) is 0.222. The molecule has 9 heteroatoms. The lowest BCUT2D eigenvalue weighted by Crippen LogP contribution is -2.33. The van der Waals surface area contributed by atoms with Gasteiger partial charge < -0.3 is 10.6 Å². The second-order valence-corrected chi connectivity index (χ2v) is 6.04. The van der Waals surface area contributed by atoms with Gasteiger partial charge in [-0.25, -0.2) is 4.39 Å². The van der Waals surface area contributed by atoms with Crippen LogP contribution in [0.5, 0.6) is 0 Å². The first-order valence-electron chi connectivity index (χ1n) is 8.27. The first-order chi connectivity index (χ1) is 12.9. The molecule has 0 spiro atoms. The summed E-state index contributed by atoms with van der Waals surface area (Å²) in [4.78, 5) is 24.0. The number of aromatic nitrogens is 4. The zero-order valence-electron chi connectivity index (χ0n) is 14.9. The van der Waals surface area contributed by atoms with E-state index in [9.17, 15) is 14.0 Å². The van der Waals surface area contributed by atoms with Crippen molar-refractivity contribution >= 4 is 17.5 Å². The van der Waals surface area contributed by atoms with E-state index in [1.807, 2.05) is 6.92 Å². The number of hydrogen-bond acceptors (Lipinski definition) is 4. The fourth-order valence-electron chi connectivity index (χ4n) is 2.44. The molecular formula is C18H19FN6O2. The number of hydrogen-bond donors (Lipinski definition) is 2. The van der Waals surface area contributed by atoms with Crippen LogP contribution in [0.25, 0.3) is 0 Å². The van der Waals surface area contributed by atoms with Crippen LogP contribution in [0.2, 0.25) is 0 Å². The molecular weight excluding hydrogens is 351 g/mol. The molecule has 3 rings (SSSR count). The summed E-state index contributed by atoms with van der Waals surface area (Å²) in [6.45, 7) is 1.88. The van der Waals surface area contributed by atoms with Crippen molar-refractivity contribution in [2.75, 3.05) is 11.9 Å². The molecule has 27 heavy (non-hydrogen) atoms. The van der Waals surface area contributed by atoms with Gasteiger partial charge in [0, 0.05) is 24.5 Å². The third-order valence-corrected chi connectivity index (χ3v) is 3.96. The van der Waals surface area contributed by atoms with Crippen molar-refractivity contribution in [3.8, 4) is 0 Å². The van der Waals surface area contributed by atoms with Crippen LogP contribution in [0.4, 0.5) is 10.1 Å². The molecule has 1 aromatic carbocycles. The summed E-state index contributed by atoms with van der Waals surface area (Å²) in [5.41, 5.74) is 2.04. The highest BCUT2D eigenvalue weighted by Gasteiger charge is 2.13. The van der Waals surface area contributed by atoms with Crippen molar-refractivity contribution < 1.29 is 14.0 Å². The number of nitrogens with one attached hydrogen (secondary N) is 2. The summed E-state index contributed by atoms with van der Waals surface area (Å²) in [7, 11) is 1.73. The van der Waals surface area contributed by atoms with E-state index in [-0.39, 0.29) is 24.6 Å². The van der Waals surface area contributed by atoms with E-state index in [2.05, 4.69) is 20.8 Å². The molecule has 0 bridgehead atoms. The monoisotopic (exact) mass is 370 g/mol. The Kier molecular flexibility index (Phi) is 5.30. The zero-order chi connectivity index (χ0) is 19.4. The number of halogens is 1. The highest BCUT2D eigenvalue weighted by Crippen LogP contribution is 2.11. The van der Waals surface area contributed by atoms with Crippen LogP contribution in [-0.4, -0.2) is 37.9 Å². The molecule has 0 fully saturated rings. The molecule has 140 valence electrons. The number of anilines is 1. The van der Waals surface area contributed by atoms with E-state index in [1.165, 1.54) is 16.9 Å². The van der Waals surface area contributed by atoms with E-state index in [0.29, 0.717) is 11.3 Å². The van der Waals surface area contributed by atoms with Gasteiger partial charge in [-0.05, 0) is 19.1 Å². The topological polar surface area (TPSA) is 93.8 Å². The second-order valence-electron chi connectivity index (χ2n) is 6.04. The van der Waals surface area contributed by atoms with Crippen molar-refractivity contribution in [3.05, 3.63) is 65.5 Å². The number of carbonyl (C=O) groups excluding carboxylic acids is 2. The molecule has 0 aliphatic rings. The summed E-state index contributed by atoms with van der Waals surface area (Å²) in [6, 6.07) is 8.06. The van der Waals surface area contributed by atoms with E-state index in [0.717, 1.165) is 5.69 Å². The zero-order valence-corrected chi connectivity index (χ0v) is 14.9. The molecule has 0 unspecified atom stereocenters. The Bertz CT molecular complexity index is 958. The van der Waals surface area contributed by atoms with Crippen LogP contribution in [0.15, 0.2) is 42.7 Å². The third-order valence-electron chi connectivity index (χ3n) is 3.96. The van der Waals surface area contributed by atoms with Gasteiger partial charge in [-0.3, -0.25) is 19.0 Å². The van der Waals surface area contributed by atoms with Gasteiger partial charge in [0.15, 0.2) is 0 Å². The number of amides is 2. The minimum Gasteiger partial charge on any atom is -0.342 e. The third kappa shape index (κ3) is 4.57. The average molecular weight is 370 g/mol. The normalized spacial score (nSPS) is 10.6. The molecule has 0 radical (unpaired) electrons. The predicted octanol–water partition coefficient (Wildman–Crippen LogP) is 1.48. The van der Waals surface area contributed by atoms with Gasteiger partial charge in [0.05, 0.1) is 25.0 Å². The Hall–Kier alpha value is -3.49. The number of aryl methyl sites for hydroxylation is 2. The maximum Gasteiger partial charge on any atom is 0.272 e. The van der Waals surface area contributed by atoms with Crippen molar-refractivity contribution in [1.82, 2.24) is 24.9 Å². The van der Waals surface area contributed by atoms with Crippen LogP contribution in [-0.2, 0) is 18.4 Å². The van der Waals surface area contributed by atoms with E-state index < -0.39 is 11.8 Å². The fourth-order valence-corrected chi connectivity index (χ4v) is 2.44. The standard InChI is InChI=1S/C18H19FN6O2/c1-12-7-16(23-24(12)2)18(27)20-9-17(26)22-14-8-21-25(11-14)10-13-5-3-4-6-15(13)19/h3-8,11H,9-10H2,1-2H3,(H,20,27)(H,22,26). The molecule has 0 aliphatic carbocycles. The van der Waals surface area contributed by atoms with Crippen LogP contribution < -0.4 is 10.6 Å². The van der Waals surface area contributed by atoms with Crippen molar-refractivity contribution in [2.45, 2.75) is 13.5 Å². The van der Waals surface area contributed by atoms with E-state index in [4.69, 9.17) is 0 Å². The molecule has 0 saturated carbocycles. The highest BCUT2D eigenvalue weighted by atomic mass is 19.1. The minimum atomic E-state index is -0.427. The lowest BCUT2D eigenvalue weighted by molar-refractivity contribution is -0.115. The van der Waals surface area contributed by atoms with Crippen LogP contribution >= 0.6 is 0 Å². The van der Waals surface area contributed by atoms with Crippen molar-refractivity contribution in [1.29, 1.82) is 0 Å². The molecule has 2 N–H and O–H groups in total. The van der Waals surface area contributed by atoms with Crippen LogP contribution in [0, 0.1) is 12.7 Å². The van der Waals surface area contributed by atoms with Crippen LogP contribution in [0.1, 0.15) is 21.7 Å². The lowest BCUT2D eigenvalue weighted by Gasteiger charge is -2.04. The van der Waals surface area contributed by atoms with Gasteiger partial charge in [-0.2, -0.15) is 10.2 Å². The largest absolute Gasteiger partial charge is 0.342 e. The smallest absolute Gasteiger partial charge is 0.272 e. The molecule has 8 nitrogen and oxygen atoms in total. The van der Waals surface area contributed by atoms with Gasteiger partial charge >= 0.3 is 0 Å². The Labute approximate surface area is 155 Å². The number of nitrogens with zero attached hydrogens (tertiary/aromatic N) is 4. The van der Waals surface area contributed by atoms with Gasteiger partial charge in [-0.15, -0.1) is 0 Å². The first-order valence-corrected chi connectivity index (χ1v) is 8.27. The Morgan fingerprint density at radius 3 is 2.74 bits per heavy atom. The number of rotatable bonds is 6. The second kappa shape index (κ2) is 7.81. The van der Waals surface area contributed by atoms with Crippen LogP contribution in [0.3, 0.4) is 0 Å². The SMILES string of the molecule is Cc1cc(C(=O)NCC(=O)Nc2cnn(Cc3ccccc3F)c2)nn1C. The van der Waals surface area contributed by atoms with E-state index in [1.54, 1.807) is 42.2 Å². The molecule has 3 aromatic rings. The summed E-state index contributed by atoms with van der Waals surface area (Å²) in [6.07, 6.45) is 3.05. The molecule has 2 heterocycles. The van der Waals surface area contributed by atoms with Crippen molar-refractivity contribution in [3.63, 3.8) is 0 Å². The Balaban J connectivity index is 1.52. The maximum atomic E-state index is 13.7. The first kappa shape index (κ1) is 18.3. The Morgan fingerprint density at radius 1 is 1.26 bits per heavy atom. The van der Waals surface area contributed by atoms with Gasteiger partial charge in [0.25, 0.3) is 5.91 Å². The van der Waals surface area contributed by atoms with Crippen molar-refractivity contribution in [2.24, 2.45) is 7.05 Å². The maximum absolute atomic E-state index is 13.7. The Morgan fingerprint density at radius 2 is 2.04 bits per heavy atom. The molecule has 0 atom stereocenters. The lowest BCUT2D eigenvalue weighted by atomic mass is 10.2. The van der Waals surface area contributed by atoms with Gasteiger partial charge in [0.2, 0.25) is 5.91 Å². The molecule has 0 aliphatic heterocycles. The minimum absolute atomic E-state index is 0.201. The average Bonchev–Trinajstić information content (AvgIpc) is 3.21. The number of carbonyl (C=O) groups is 2. The summed E-state index contributed by atoms with van der Waals surface area (Å²) in [5, 5.41) is 13.3.